The Morgan fingerprint density at radius 3 is 2.58 bits per heavy atom. The first-order valence-corrected chi connectivity index (χ1v) is 9.19. The monoisotopic (exact) mass is 355 g/mol. The molecule has 0 bridgehead atoms. The molecule has 0 aliphatic rings. The molecule has 6 nitrogen and oxygen atoms in total. The number of hydrogen-bond donors (Lipinski definition) is 1. The fourth-order valence-corrected chi connectivity index (χ4v) is 2.68. The van der Waals surface area contributed by atoms with Crippen molar-refractivity contribution in [3.8, 4) is 22.9 Å². The minimum absolute atomic E-state index is 0.0354. The molecule has 3 heterocycles. The van der Waals surface area contributed by atoms with Gasteiger partial charge in [0.1, 0.15) is 0 Å². The Bertz CT molecular complexity index is 914. The van der Waals surface area contributed by atoms with Crippen molar-refractivity contribution in [1.82, 2.24) is 14.6 Å². The highest BCUT2D eigenvalue weighted by atomic mass is 16.5. The van der Waals surface area contributed by atoms with Crippen LogP contribution in [0, 0.1) is 0 Å². The lowest BCUT2D eigenvalue weighted by atomic mass is 10.1. The first-order valence-electron chi connectivity index (χ1n) is 9.19. The minimum atomic E-state index is -0.0354. The average Bonchev–Trinajstić information content (AvgIpc) is 3.05. The summed E-state index contributed by atoms with van der Waals surface area (Å²) in [6.45, 7) is 5.48. The van der Waals surface area contributed by atoms with Crippen LogP contribution in [0.5, 0.6) is 11.8 Å². The summed E-state index contributed by atoms with van der Waals surface area (Å²) in [5.41, 5.74) is 2.47. The van der Waals surface area contributed by atoms with E-state index in [1.807, 2.05) is 18.3 Å². The van der Waals surface area contributed by atoms with Gasteiger partial charge in [0.15, 0.2) is 5.43 Å². The molecule has 0 atom stereocenters. The molecule has 0 aliphatic carbocycles. The van der Waals surface area contributed by atoms with Crippen molar-refractivity contribution in [2.45, 2.75) is 39.5 Å². The number of nitrogens with one attached hydrogen (secondary N) is 1. The smallest absolute Gasteiger partial charge is 0.224 e. The number of aromatic nitrogens is 3. The fourth-order valence-electron chi connectivity index (χ4n) is 2.68. The van der Waals surface area contributed by atoms with Crippen molar-refractivity contribution >= 4 is 5.52 Å². The topological polar surface area (TPSA) is 68.6 Å². The van der Waals surface area contributed by atoms with Crippen LogP contribution in [0.3, 0.4) is 0 Å². The van der Waals surface area contributed by atoms with Crippen molar-refractivity contribution < 1.29 is 9.47 Å². The molecule has 0 spiro atoms. The first-order chi connectivity index (χ1) is 12.7. The van der Waals surface area contributed by atoms with Gasteiger partial charge < -0.3 is 14.6 Å². The van der Waals surface area contributed by atoms with Gasteiger partial charge >= 0.3 is 0 Å². The van der Waals surface area contributed by atoms with Crippen molar-refractivity contribution in [2.24, 2.45) is 0 Å². The molecule has 0 aromatic carbocycles. The maximum atomic E-state index is 11.8. The van der Waals surface area contributed by atoms with E-state index in [9.17, 15) is 4.79 Å². The fraction of sp³-hybridized carbons (Fsp3) is 0.400. The second-order valence-corrected chi connectivity index (χ2v) is 6.21. The van der Waals surface area contributed by atoms with Crippen molar-refractivity contribution in [3.05, 3.63) is 46.9 Å². The highest BCUT2D eigenvalue weighted by Crippen LogP contribution is 2.33. The number of fused-ring (bicyclic) bond motifs is 1. The lowest BCUT2D eigenvalue weighted by Crippen LogP contribution is -2.04. The van der Waals surface area contributed by atoms with Gasteiger partial charge in [0.25, 0.3) is 0 Å². The normalized spacial score (nSPS) is 11.0. The van der Waals surface area contributed by atoms with E-state index < -0.39 is 0 Å². The Balaban J connectivity index is 1.97. The lowest BCUT2D eigenvalue weighted by Gasteiger charge is -2.12. The summed E-state index contributed by atoms with van der Waals surface area (Å²) >= 11 is 0. The second-order valence-electron chi connectivity index (χ2n) is 6.21. The van der Waals surface area contributed by atoms with E-state index in [1.54, 1.807) is 16.8 Å². The minimum Gasteiger partial charge on any atom is -0.478 e. The maximum absolute atomic E-state index is 11.8. The Hall–Kier alpha value is -2.76. The summed E-state index contributed by atoms with van der Waals surface area (Å²) in [5.74, 6) is 1.09. The molecule has 138 valence electrons. The van der Waals surface area contributed by atoms with E-state index in [0.717, 1.165) is 42.3 Å². The van der Waals surface area contributed by atoms with Crippen LogP contribution < -0.4 is 14.9 Å². The Labute approximate surface area is 152 Å². The number of unbranched alkanes of at least 4 members (excludes halogenated alkanes) is 2. The van der Waals surface area contributed by atoms with Gasteiger partial charge in [-0.05, 0) is 18.9 Å². The third-order valence-corrected chi connectivity index (χ3v) is 4.16. The molecule has 3 aromatic rings. The zero-order valence-electron chi connectivity index (χ0n) is 15.3. The van der Waals surface area contributed by atoms with Crippen LogP contribution >= 0.6 is 0 Å². The molecule has 3 rings (SSSR count). The summed E-state index contributed by atoms with van der Waals surface area (Å²) in [6, 6.07) is 6.92. The van der Waals surface area contributed by atoms with Gasteiger partial charge in [0.2, 0.25) is 11.8 Å². The van der Waals surface area contributed by atoms with Gasteiger partial charge in [-0.15, -0.1) is 0 Å². The van der Waals surface area contributed by atoms with Crippen molar-refractivity contribution in [3.63, 3.8) is 0 Å². The summed E-state index contributed by atoms with van der Waals surface area (Å²) in [5, 5.41) is 3.13. The number of aromatic amines is 1. The highest BCUT2D eigenvalue weighted by Gasteiger charge is 2.14. The molecular formula is C20H25N3O3. The molecular weight excluding hydrogens is 330 g/mol. The van der Waals surface area contributed by atoms with Gasteiger partial charge in [-0.3, -0.25) is 9.31 Å². The van der Waals surface area contributed by atoms with E-state index in [2.05, 4.69) is 23.9 Å². The average molecular weight is 355 g/mol. The summed E-state index contributed by atoms with van der Waals surface area (Å²) in [4.78, 5) is 16.3. The van der Waals surface area contributed by atoms with Gasteiger partial charge in [0, 0.05) is 41.7 Å². The van der Waals surface area contributed by atoms with Gasteiger partial charge in [-0.2, -0.15) is 4.98 Å². The van der Waals surface area contributed by atoms with E-state index in [0.29, 0.717) is 25.0 Å². The molecule has 0 saturated carbocycles. The predicted molar refractivity (Wildman–Crippen MR) is 102 cm³/mol. The molecule has 0 unspecified atom stereocenters. The zero-order chi connectivity index (χ0) is 18.4. The highest BCUT2D eigenvalue weighted by molar-refractivity contribution is 5.82. The number of nitrogens with zero attached hydrogens (tertiary/aromatic N) is 2. The van der Waals surface area contributed by atoms with Crippen LogP contribution in [-0.2, 0) is 0 Å². The molecule has 0 radical (unpaired) electrons. The largest absolute Gasteiger partial charge is 0.478 e. The predicted octanol–water partition coefficient (Wildman–Crippen LogP) is 4.05. The van der Waals surface area contributed by atoms with E-state index in [1.165, 1.54) is 6.07 Å². The van der Waals surface area contributed by atoms with Crippen LogP contribution in [0.25, 0.3) is 16.6 Å². The standard InChI is InChI=1S/C20H25N3O3/c1-3-5-11-25-19-8-7-16(20(22-19)26-12-6-4-2)17-14-21-23-10-9-15(24)13-18(17)23/h7-10,13-14,21H,3-6,11-12H2,1-2H3. The quantitative estimate of drug-likeness (QED) is 0.588. The van der Waals surface area contributed by atoms with Crippen LogP contribution in [0.4, 0.5) is 0 Å². The molecule has 1 N–H and O–H groups in total. The third-order valence-electron chi connectivity index (χ3n) is 4.16. The molecule has 0 amide bonds. The Morgan fingerprint density at radius 1 is 1.04 bits per heavy atom. The number of ether oxygens (including phenoxy) is 2. The summed E-state index contributed by atoms with van der Waals surface area (Å²) in [6.07, 6.45) is 7.63. The van der Waals surface area contributed by atoms with Crippen molar-refractivity contribution in [2.75, 3.05) is 13.2 Å². The third kappa shape index (κ3) is 4.07. The zero-order valence-corrected chi connectivity index (χ0v) is 15.3. The Morgan fingerprint density at radius 2 is 1.81 bits per heavy atom. The molecule has 6 heteroatoms. The molecule has 26 heavy (non-hydrogen) atoms. The maximum Gasteiger partial charge on any atom is 0.224 e. The molecule has 0 saturated heterocycles. The van der Waals surface area contributed by atoms with E-state index in [-0.39, 0.29) is 5.43 Å². The summed E-state index contributed by atoms with van der Waals surface area (Å²) in [7, 11) is 0. The number of rotatable bonds is 9. The van der Waals surface area contributed by atoms with E-state index in [4.69, 9.17) is 9.47 Å². The van der Waals surface area contributed by atoms with Crippen LogP contribution in [-0.4, -0.2) is 27.8 Å². The van der Waals surface area contributed by atoms with Crippen LogP contribution in [0.15, 0.2) is 41.5 Å². The Kier molecular flexibility index (Phi) is 5.94. The van der Waals surface area contributed by atoms with Crippen molar-refractivity contribution in [1.29, 1.82) is 0 Å². The molecule has 0 aliphatic heterocycles. The van der Waals surface area contributed by atoms with Gasteiger partial charge in [0.05, 0.1) is 18.7 Å². The number of pyridine rings is 2. The van der Waals surface area contributed by atoms with Gasteiger partial charge in [-0.1, -0.05) is 26.7 Å². The van der Waals surface area contributed by atoms with Crippen LogP contribution in [0.1, 0.15) is 39.5 Å². The van der Waals surface area contributed by atoms with Crippen LogP contribution in [0.2, 0.25) is 0 Å². The van der Waals surface area contributed by atoms with E-state index >= 15 is 0 Å². The first kappa shape index (κ1) is 18.0. The van der Waals surface area contributed by atoms with Gasteiger partial charge in [-0.25, -0.2) is 0 Å². The second kappa shape index (κ2) is 8.56. The molecule has 3 aromatic heterocycles. The number of H-pyrrole nitrogens is 1. The lowest BCUT2D eigenvalue weighted by molar-refractivity contribution is 0.274. The summed E-state index contributed by atoms with van der Waals surface area (Å²) < 4.78 is 13.5. The molecule has 0 fully saturated rings. The number of hydrogen-bond acceptors (Lipinski definition) is 4. The SMILES string of the molecule is CCCCOc1ccc(-c2c[nH]n3ccc(=O)cc23)c(OCCCC)n1.